The highest BCUT2D eigenvalue weighted by Gasteiger charge is 2.32. The van der Waals surface area contributed by atoms with E-state index in [1.54, 1.807) is 26.4 Å². The molecule has 6 heteroatoms. The first-order chi connectivity index (χ1) is 18.1. The second kappa shape index (κ2) is 12.9. The summed E-state index contributed by atoms with van der Waals surface area (Å²) in [5.74, 6) is 0.0397. The fourth-order valence-electron chi connectivity index (χ4n) is 4.79. The van der Waals surface area contributed by atoms with Crippen LogP contribution in [0.1, 0.15) is 75.7 Å². The Hall–Kier alpha value is -3.38. The molecule has 0 amide bonds. The smallest absolute Gasteiger partial charge is 0.303 e. The van der Waals surface area contributed by atoms with E-state index in [-0.39, 0.29) is 29.7 Å². The van der Waals surface area contributed by atoms with E-state index >= 15 is 4.39 Å². The van der Waals surface area contributed by atoms with Crippen LogP contribution >= 0.6 is 0 Å². The van der Waals surface area contributed by atoms with E-state index in [1.165, 1.54) is 6.07 Å². The molecule has 0 fully saturated rings. The maximum Gasteiger partial charge on any atom is 0.303 e. The van der Waals surface area contributed by atoms with Crippen molar-refractivity contribution in [2.45, 2.75) is 65.6 Å². The van der Waals surface area contributed by atoms with Crippen molar-refractivity contribution in [1.82, 2.24) is 0 Å². The van der Waals surface area contributed by atoms with Crippen LogP contribution in [0.4, 0.5) is 4.39 Å². The largest absolute Gasteiger partial charge is 0.497 e. The molecule has 1 N–H and O–H groups in total. The van der Waals surface area contributed by atoms with E-state index in [9.17, 15) is 9.90 Å². The Morgan fingerprint density at radius 3 is 2.37 bits per heavy atom. The van der Waals surface area contributed by atoms with Gasteiger partial charge in [0.25, 0.3) is 0 Å². The minimum atomic E-state index is -0.814. The number of carboxylic acid groups (broad SMARTS) is 1. The van der Waals surface area contributed by atoms with Crippen LogP contribution < -0.4 is 9.47 Å². The molecule has 0 bridgehead atoms. The average Bonchev–Trinajstić information content (AvgIpc) is 2.91. The van der Waals surface area contributed by atoms with Crippen LogP contribution in [0.5, 0.6) is 11.5 Å². The second-order valence-electron chi connectivity index (χ2n) is 10.3. The molecule has 0 aromatic heterocycles. The predicted octanol–water partition coefficient (Wildman–Crippen LogP) is 8.17. The van der Waals surface area contributed by atoms with E-state index in [0.717, 1.165) is 35.1 Å². The Bertz CT molecular complexity index is 1240. The van der Waals surface area contributed by atoms with Crippen LogP contribution in [-0.4, -0.2) is 25.3 Å². The Kier molecular flexibility index (Phi) is 9.92. The summed E-state index contributed by atoms with van der Waals surface area (Å²) in [6.45, 7) is 8.69. The molecule has 2 atom stereocenters. The SMILES string of the molecule is CC[C@@H](CC(=O)O)c1cccc(OCc2ccc(-c3cc(OC)ccc3F)c([C@H](OC)C(C)(C)CC)c2)c1. The summed E-state index contributed by atoms with van der Waals surface area (Å²) in [6.07, 6.45) is 1.40. The second-order valence-corrected chi connectivity index (χ2v) is 10.3. The third kappa shape index (κ3) is 6.93. The maximum atomic E-state index is 15.0. The van der Waals surface area contributed by atoms with Crippen molar-refractivity contribution in [1.29, 1.82) is 0 Å². The topological polar surface area (TPSA) is 65.0 Å². The van der Waals surface area contributed by atoms with Gasteiger partial charge >= 0.3 is 5.97 Å². The van der Waals surface area contributed by atoms with E-state index in [2.05, 4.69) is 20.8 Å². The first-order valence-electron chi connectivity index (χ1n) is 13.1. The summed E-state index contributed by atoms with van der Waals surface area (Å²) in [4.78, 5) is 11.3. The van der Waals surface area contributed by atoms with Crippen molar-refractivity contribution >= 4 is 5.97 Å². The standard InChI is InChI=1S/C32H39FO5/c1-7-22(18-30(34)35)23-10-9-11-25(17-23)38-20-21-12-14-26(27-19-24(36-5)13-15-29(27)33)28(16-21)31(37-6)32(3,4)8-2/h9-17,19,22,31H,7-8,18,20H2,1-6H3,(H,34,35)/t22-,31-/m0/s1. The molecular weight excluding hydrogens is 483 g/mol. The molecule has 5 nitrogen and oxygen atoms in total. The van der Waals surface area contributed by atoms with Crippen molar-refractivity contribution in [2.24, 2.45) is 5.41 Å². The third-order valence-corrected chi connectivity index (χ3v) is 7.37. The van der Waals surface area contributed by atoms with E-state index < -0.39 is 5.97 Å². The molecule has 0 spiro atoms. The molecule has 0 unspecified atom stereocenters. The van der Waals surface area contributed by atoms with Gasteiger partial charge in [-0.1, -0.05) is 52.0 Å². The van der Waals surface area contributed by atoms with Crippen molar-refractivity contribution in [3.05, 3.63) is 83.2 Å². The van der Waals surface area contributed by atoms with E-state index in [0.29, 0.717) is 23.7 Å². The highest BCUT2D eigenvalue weighted by atomic mass is 19.1. The molecule has 0 aliphatic carbocycles. The first-order valence-corrected chi connectivity index (χ1v) is 13.1. The number of methoxy groups -OCH3 is 2. The molecule has 0 saturated heterocycles. The minimum absolute atomic E-state index is 0.0709. The van der Waals surface area contributed by atoms with Gasteiger partial charge in [0.1, 0.15) is 23.9 Å². The Morgan fingerprint density at radius 2 is 1.74 bits per heavy atom. The predicted molar refractivity (Wildman–Crippen MR) is 148 cm³/mol. The molecule has 3 aromatic carbocycles. The highest BCUT2D eigenvalue weighted by molar-refractivity contribution is 5.71. The lowest BCUT2D eigenvalue weighted by molar-refractivity contribution is -0.137. The van der Waals surface area contributed by atoms with E-state index in [1.807, 2.05) is 49.4 Å². The molecule has 0 radical (unpaired) electrons. The fraction of sp³-hybridized carbons (Fsp3) is 0.406. The summed E-state index contributed by atoms with van der Waals surface area (Å²) in [5, 5.41) is 9.24. The zero-order chi connectivity index (χ0) is 27.9. The van der Waals surface area contributed by atoms with Gasteiger partial charge in [-0.05, 0) is 82.8 Å². The number of ether oxygens (including phenoxy) is 3. The number of aliphatic carboxylic acids is 1. The molecular formula is C32H39FO5. The van der Waals surface area contributed by atoms with Crippen LogP contribution in [0.25, 0.3) is 11.1 Å². The Morgan fingerprint density at radius 1 is 0.974 bits per heavy atom. The highest BCUT2D eigenvalue weighted by Crippen LogP contribution is 2.44. The monoisotopic (exact) mass is 522 g/mol. The van der Waals surface area contributed by atoms with Crippen LogP contribution in [-0.2, 0) is 16.1 Å². The van der Waals surface area contributed by atoms with Crippen molar-refractivity contribution in [2.75, 3.05) is 14.2 Å². The summed E-state index contributed by atoms with van der Waals surface area (Å²) >= 11 is 0. The van der Waals surface area contributed by atoms with Crippen molar-refractivity contribution in [3.8, 4) is 22.6 Å². The number of benzene rings is 3. The lowest BCUT2D eigenvalue weighted by Crippen LogP contribution is -2.24. The molecule has 38 heavy (non-hydrogen) atoms. The zero-order valence-corrected chi connectivity index (χ0v) is 23.2. The zero-order valence-electron chi connectivity index (χ0n) is 23.2. The third-order valence-electron chi connectivity index (χ3n) is 7.37. The summed E-state index contributed by atoms with van der Waals surface area (Å²) in [6, 6.07) is 18.2. The molecule has 0 heterocycles. The van der Waals surface area contributed by atoms with Gasteiger partial charge in [0, 0.05) is 12.7 Å². The summed E-state index contributed by atoms with van der Waals surface area (Å²) in [7, 11) is 3.25. The van der Waals surface area contributed by atoms with Crippen LogP contribution in [0.3, 0.4) is 0 Å². The number of rotatable bonds is 13. The van der Waals surface area contributed by atoms with Gasteiger partial charge in [0.15, 0.2) is 0 Å². The van der Waals surface area contributed by atoms with Gasteiger partial charge in [0.05, 0.1) is 19.6 Å². The van der Waals surface area contributed by atoms with Crippen LogP contribution in [0.15, 0.2) is 60.7 Å². The molecule has 3 rings (SSSR count). The number of hydrogen-bond donors (Lipinski definition) is 1. The van der Waals surface area contributed by atoms with E-state index in [4.69, 9.17) is 14.2 Å². The van der Waals surface area contributed by atoms with Gasteiger partial charge < -0.3 is 19.3 Å². The van der Waals surface area contributed by atoms with Gasteiger partial charge in [-0.2, -0.15) is 0 Å². The van der Waals surface area contributed by atoms with Crippen LogP contribution in [0.2, 0.25) is 0 Å². The molecule has 0 aliphatic rings. The normalized spacial score (nSPS) is 13.1. The van der Waals surface area contributed by atoms with Crippen molar-refractivity contribution < 1.29 is 28.5 Å². The van der Waals surface area contributed by atoms with Gasteiger partial charge in [-0.3, -0.25) is 4.79 Å². The minimum Gasteiger partial charge on any atom is -0.497 e. The fourth-order valence-corrected chi connectivity index (χ4v) is 4.79. The summed E-state index contributed by atoms with van der Waals surface area (Å²) in [5.41, 5.74) is 3.75. The van der Waals surface area contributed by atoms with Gasteiger partial charge in [0.2, 0.25) is 0 Å². The Labute approximate surface area is 225 Å². The number of carbonyl (C=O) groups is 1. The van der Waals surface area contributed by atoms with Gasteiger partial charge in [-0.15, -0.1) is 0 Å². The number of carboxylic acids is 1. The average molecular weight is 523 g/mol. The Balaban J connectivity index is 1.98. The number of halogens is 1. The summed E-state index contributed by atoms with van der Waals surface area (Å²) < 4.78 is 32.6. The quantitative estimate of drug-likeness (QED) is 0.245. The first kappa shape index (κ1) is 29.2. The van der Waals surface area contributed by atoms with Crippen molar-refractivity contribution in [3.63, 3.8) is 0 Å². The lowest BCUT2D eigenvalue weighted by Gasteiger charge is -2.34. The van der Waals surface area contributed by atoms with Gasteiger partial charge in [-0.25, -0.2) is 4.39 Å². The molecule has 3 aromatic rings. The lowest BCUT2D eigenvalue weighted by atomic mass is 9.77. The molecule has 0 saturated carbocycles. The van der Waals surface area contributed by atoms with Crippen LogP contribution in [0, 0.1) is 11.2 Å². The maximum absolute atomic E-state index is 15.0. The number of hydrogen-bond acceptors (Lipinski definition) is 4. The molecule has 204 valence electrons. The molecule has 0 aliphatic heterocycles.